The van der Waals surface area contributed by atoms with Gasteiger partial charge < -0.3 is 8.82 Å². The van der Waals surface area contributed by atoms with Gasteiger partial charge in [0.1, 0.15) is 11.1 Å². The monoisotopic (exact) mass is 468 g/mol. The van der Waals surface area contributed by atoms with Crippen LogP contribution in [0.1, 0.15) is 51.0 Å². The van der Waals surface area contributed by atoms with Crippen molar-refractivity contribution in [3.8, 4) is 11.3 Å². The largest absolute Gasteiger partial charge is 0.454 e. The first kappa shape index (κ1) is 20.4. The molecule has 1 aliphatic carbocycles. The smallest absolute Gasteiger partial charge is 0.161 e. The summed E-state index contributed by atoms with van der Waals surface area (Å²) in [6.45, 7) is 4.83. The summed E-state index contributed by atoms with van der Waals surface area (Å²) in [4.78, 5) is 4.69. The summed E-state index contributed by atoms with van der Waals surface area (Å²) in [5.74, 6) is 0.610. The Balaban J connectivity index is 1.50. The average molecular weight is 469 g/mol. The second-order valence-corrected chi connectivity index (χ2v) is 11.4. The molecule has 0 bridgehead atoms. The quantitative estimate of drug-likeness (QED) is 0.253. The number of para-hydroxylation sites is 1. The van der Waals surface area contributed by atoms with Crippen molar-refractivity contribution in [2.24, 2.45) is 5.41 Å². The van der Waals surface area contributed by atoms with E-state index >= 15 is 0 Å². The van der Waals surface area contributed by atoms with Crippen LogP contribution >= 0.6 is 0 Å². The molecule has 36 heavy (non-hydrogen) atoms. The fourth-order valence-electron chi connectivity index (χ4n) is 6.76. The van der Waals surface area contributed by atoms with Crippen LogP contribution in [-0.2, 0) is 0 Å². The summed E-state index contributed by atoms with van der Waals surface area (Å²) in [5, 5.41) is 5.05. The summed E-state index contributed by atoms with van der Waals surface area (Å²) in [6, 6.07) is 26.2. The number of fused-ring (bicyclic) bond motifs is 8. The van der Waals surface area contributed by atoms with Gasteiger partial charge in [0.2, 0.25) is 0 Å². The number of hydrogen-bond donors (Lipinski definition) is 0. The second kappa shape index (κ2) is 7.10. The Kier molecular flexibility index (Phi) is 4.01. The van der Waals surface area contributed by atoms with Crippen molar-refractivity contribution in [3.63, 3.8) is 0 Å². The van der Waals surface area contributed by atoms with Crippen LogP contribution in [0.5, 0.6) is 0 Å². The highest BCUT2D eigenvalue weighted by molar-refractivity contribution is 6.27. The van der Waals surface area contributed by atoms with Crippen molar-refractivity contribution >= 4 is 49.3 Å². The van der Waals surface area contributed by atoms with Gasteiger partial charge in [0.05, 0.1) is 22.1 Å². The molecule has 4 aromatic heterocycles. The SMILES string of the molecule is CC1(C)CCC(c2cc3c4ccccc4n4c3c(c2)c2oc3cccc(-c5ccccn5)c3c24)CC1. The lowest BCUT2D eigenvalue weighted by Gasteiger charge is -2.34. The van der Waals surface area contributed by atoms with Gasteiger partial charge in [-0.15, -0.1) is 0 Å². The molecule has 3 heteroatoms. The van der Waals surface area contributed by atoms with Gasteiger partial charge >= 0.3 is 0 Å². The minimum atomic E-state index is 0.460. The molecule has 0 aliphatic heterocycles. The summed E-state index contributed by atoms with van der Waals surface area (Å²) in [5.41, 5.74) is 9.62. The molecule has 8 rings (SSSR count). The van der Waals surface area contributed by atoms with E-state index in [1.165, 1.54) is 58.4 Å². The Bertz CT molecular complexity index is 1910. The van der Waals surface area contributed by atoms with Crippen molar-refractivity contribution in [2.45, 2.75) is 45.4 Å². The first-order valence-corrected chi connectivity index (χ1v) is 13.1. The number of rotatable bonds is 2. The highest BCUT2D eigenvalue weighted by Gasteiger charge is 2.30. The third kappa shape index (κ3) is 2.71. The maximum atomic E-state index is 6.68. The number of nitrogens with zero attached hydrogens (tertiary/aromatic N) is 2. The second-order valence-electron chi connectivity index (χ2n) is 11.4. The van der Waals surface area contributed by atoms with Gasteiger partial charge in [0.25, 0.3) is 0 Å². The zero-order valence-electron chi connectivity index (χ0n) is 20.7. The minimum absolute atomic E-state index is 0.460. The number of benzene rings is 3. The lowest BCUT2D eigenvalue weighted by atomic mass is 9.71. The molecule has 0 spiro atoms. The highest BCUT2D eigenvalue weighted by Crippen LogP contribution is 2.48. The zero-order valence-corrected chi connectivity index (χ0v) is 20.7. The lowest BCUT2D eigenvalue weighted by molar-refractivity contribution is 0.224. The molecule has 1 fully saturated rings. The van der Waals surface area contributed by atoms with Gasteiger partial charge in [-0.25, -0.2) is 0 Å². The number of hydrogen-bond acceptors (Lipinski definition) is 2. The van der Waals surface area contributed by atoms with Crippen LogP contribution in [0.15, 0.2) is 83.4 Å². The van der Waals surface area contributed by atoms with E-state index in [-0.39, 0.29) is 0 Å². The predicted octanol–water partition coefficient (Wildman–Crippen LogP) is 9.33. The molecule has 0 N–H and O–H groups in total. The Morgan fingerprint density at radius 3 is 2.47 bits per heavy atom. The van der Waals surface area contributed by atoms with Crippen molar-refractivity contribution in [2.75, 3.05) is 0 Å². The van der Waals surface area contributed by atoms with Crippen molar-refractivity contribution in [1.82, 2.24) is 9.38 Å². The maximum Gasteiger partial charge on any atom is 0.161 e. The van der Waals surface area contributed by atoms with E-state index in [0.717, 1.165) is 33.3 Å². The summed E-state index contributed by atoms with van der Waals surface area (Å²) < 4.78 is 9.13. The molecular weight excluding hydrogens is 440 g/mol. The fourth-order valence-corrected chi connectivity index (χ4v) is 6.76. The van der Waals surface area contributed by atoms with Gasteiger partial charge in [0, 0.05) is 27.9 Å². The van der Waals surface area contributed by atoms with E-state index in [1.807, 2.05) is 12.3 Å². The highest BCUT2D eigenvalue weighted by atomic mass is 16.3. The molecule has 0 unspecified atom stereocenters. The third-order valence-electron chi connectivity index (χ3n) is 8.70. The van der Waals surface area contributed by atoms with Crippen LogP contribution in [0.3, 0.4) is 0 Å². The molecule has 0 radical (unpaired) electrons. The Labute approximate surface area is 209 Å². The van der Waals surface area contributed by atoms with Crippen LogP contribution in [0.4, 0.5) is 0 Å². The van der Waals surface area contributed by atoms with E-state index in [2.05, 4.69) is 90.0 Å². The van der Waals surface area contributed by atoms with Gasteiger partial charge in [-0.1, -0.05) is 50.2 Å². The first-order chi connectivity index (χ1) is 17.6. The Morgan fingerprint density at radius 1 is 0.833 bits per heavy atom. The molecule has 3 nitrogen and oxygen atoms in total. The van der Waals surface area contributed by atoms with Gasteiger partial charge in [-0.3, -0.25) is 4.98 Å². The zero-order chi connectivity index (χ0) is 24.0. The van der Waals surface area contributed by atoms with Crippen LogP contribution in [-0.4, -0.2) is 9.38 Å². The fraction of sp³-hybridized carbons (Fsp3) is 0.242. The first-order valence-electron chi connectivity index (χ1n) is 13.1. The van der Waals surface area contributed by atoms with Crippen LogP contribution in [0.2, 0.25) is 0 Å². The summed E-state index contributed by atoms with van der Waals surface area (Å²) in [6.07, 6.45) is 6.96. The van der Waals surface area contributed by atoms with E-state index in [0.29, 0.717) is 11.3 Å². The number of furan rings is 1. The molecule has 1 saturated carbocycles. The average Bonchev–Trinajstić information content (AvgIpc) is 3.54. The van der Waals surface area contributed by atoms with Crippen LogP contribution in [0.25, 0.3) is 60.5 Å². The van der Waals surface area contributed by atoms with Gasteiger partial charge in [0.15, 0.2) is 5.58 Å². The molecule has 0 amide bonds. The minimum Gasteiger partial charge on any atom is -0.454 e. The third-order valence-corrected chi connectivity index (χ3v) is 8.70. The van der Waals surface area contributed by atoms with E-state index in [1.54, 1.807) is 0 Å². The predicted molar refractivity (Wildman–Crippen MR) is 149 cm³/mol. The number of aromatic nitrogens is 2. The number of pyridine rings is 1. The van der Waals surface area contributed by atoms with Crippen molar-refractivity contribution < 1.29 is 4.42 Å². The summed E-state index contributed by atoms with van der Waals surface area (Å²) in [7, 11) is 0. The lowest BCUT2D eigenvalue weighted by Crippen LogP contribution is -2.20. The molecule has 1 aliphatic rings. The van der Waals surface area contributed by atoms with Gasteiger partial charge in [-0.2, -0.15) is 0 Å². The van der Waals surface area contributed by atoms with Gasteiger partial charge in [-0.05, 0) is 79.0 Å². The molecule has 4 heterocycles. The molecule has 3 aromatic carbocycles. The maximum absolute atomic E-state index is 6.68. The van der Waals surface area contributed by atoms with E-state index in [9.17, 15) is 0 Å². The van der Waals surface area contributed by atoms with E-state index in [4.69, 9.17) is 4.42 Å². The standard InChI is InChI=1S/C33H28N2O/c1-33(2)15-13-20(14-16-33)21-18-24-22-8-3-4-11-27(22)35-30(24)25(19-21)32-31(35)29-23(9-7-12-28(29)36-32)26-10-5-6-17-34-26/h3-12,17-20H,13-16H2,1-2H3. The summed E-state index contributed by atoms with van der Waals surface area (Å²) >= 11 is 0. The molecule has 7 aromatic rings. The molecule has 0 saturated heterocycles. The Morgan fingerprint density at radius 2 is 1.64 bits per heavy atom. The molecule has 0 atom stereocenters. The van der Waals surface area contributed by atoms with Crippen LogP contribution in [0, 0.1) is 5.41 Å². The normalized spacial score (nSPS) is 16.8. The van der Waals surface area contributed by atoms with Crippen molar-refractivity contribution in [3.05, 3.63) is 84.6 Å². The van der Waals surface area contributed by atoms with Crippen LogP contribution < -0.4 is 0 Å². The molecular formula is C33H28N2O. The Hall–Kier alpha value is -3.85. The van der Waals surface area contributed by atoms with E-state index < -0.39 is 0 Å². The van der Waals surface area contributed by atoms with Crippen molar-refractivity contribution in [1.29, 1.82) is 0 Å². The molecule has 176 valence electrons. The topological polar surface area (TPSA) is 30.4 Å².